The van der Waals surface area contributed by atoms with Gasteiger partial charge in [-0.15, -0.1) is 0 Å². The molecule has 1 N–H and O–H groups in total. The first-order valence-electron chi connectivity index (χ1n) is 11.5. The first-order chi connectivity index (χ1) is 14.1. The van der Waals surface area contributed by atoms with Gasteiger partial charge in [-0.2, -0.15) is 0 Å². The van der Waals surface area contributed by atoms with Crippen molar-refractivity contribution >= 4 is 11.9 Å². The number of aliphatic carboxylic acids is 1. The number of unbranched alkanes of at least 4 members (excludes halogenated alkanes) is 6. The van der Waals surface area contributed by atoms with Gasteiger partial charge in [0, 0.05) is 12.8 Å². The number of carbonyl (C=O) groups excluding carboxylic acids is 1. The SMILES string of the molecule is CC/C=C\C/C=C\C/C=C\C(CCCCCCC(=O)O)OC(=O)CCCCCC. The summed E-state index contributed by atoms with van der Waals surface area (Å²) in [6.45, 7) is 4.28. The zero-order chi connectivity index (χ0) is 21.6. The van der Waals surface area contributed by atoms with Crippen LogP contribution in [0.5, 0.6) is 0 Å². The summed E-state index contributed by atoms with van der Waals surface area (Å²) in [7, 11) is 0. The minimum atomic E-state index is -0.735. The molecule has 0 bridgehead atoms. The Morgan fingerprint density at radius 2 is 1.41 bits per heavy atom. The molecule has 4 heteroatoms. The van der Waals surface area contributed by atoms with Crippen molar-refractivity contribution in [3.8, 4) is 0 Å². The molecule has 166 valence electrons. The predicted molar refractivity (Wildman–Crippen MR) is 121 cm³/mol. The van der Waals surface area contributed by atoms with Crippen LogP contribution in [-0.4, -0.2) is 23.1 Å². The Bertz CT molecular complexity index is 491. The van der Waals surface area contributed by atoms with Crippen molar-refractivity contribution in [2.75, 3.05) is 0 Å². The molecule has 4 nitrogen and oxygen atoms in total. The second kappa shape index (κ2) is 20.9. The zero-order valence-corrected chi connectivity index (χ0v) is 18.6. The highest BCUT2D eigenvalue weighted by Crippen LogP contribution is 2.13. The van der Waals surface area contributed by atoms with Crippen molar-refractivity contribution in [1.82, 2.24) is 0 Å². The first-order valence-corrected chi connectivity index (χ1v) is 11.5. The molecule has 0 aliphatic heterocycles. The second-order valence-corrected chi connectivity index (χ2v) is 7.44. The van der Waals surface area contributed by atoms with E-state index in [4.69, 9.17) is 9.84 Å². The highest BCUT2D eigenvalue weighted by Gasteiger charge is 2.11. The molecule has 0 aliphatic rings. The van der Waals surface area contributed by atoms with Gasteiger partial charge in [-0.1, -0.05) is 76.3 Å². The van der Waals surface area contributed by atoms with Crippen LogP contribution >= 0.6 is 0 Å². The van der Waals surface area contributed by atoms with E-state index in [-0.39, 0.29) is 18.5 Å². The van der Waals surface area contributed by atoms with Gasteiger partial charge < -0.3 is 9.84 Å². The van der Waals surface area contributed by atoms with Crippen molar-refractivity contribution in [1.29, 1.82) is 0 Å². The average Bonchev–Trinajstić information content (AvgIpc) is 2.69. The summed E-state index contributed by atoms with van der Waals surface area (Å²) in [5, 5.41) is 8.69. The number of esters is 1. The van der Waals surface area contributed by atoms with Gasteiger partial charge in [0.2, 0.25) is 0 Å². The fourth-order valence-corrected chi connectivity index (χ4v) is 2.94. The summed E-state index contributed by atoms with van der Waals surface area (Å²) in [5.74, 6) is -0.845. The van der Waals surface area contributed by atoms with E-state index in [1.165, 1.54) is 0 Å². The Morgan fingerprint density at radius 1 is 0.793 bits per heavy atom. The molecule has 29 heavy (non-hydrogen) atoms. The summed E-state index contributed by atoms with van der Waals surface area (Å²) in [4.78, 5) is 22.7. The molecule has 0 heterocycles. The number of allylic oxidation sites excluding steroid dienone is 5. The third-order valence-corrected chi connectivity index (χ3v) is 4.61. The Morgan fingerprint density at radius 3 is 2.10 bits per heavy atom. The summed E-state index contributed by atoms with van der Waals surface area (Å²) in [5.41, 5.74) is 0. The second-order valence-electron chi connectivity index (χ2n) is 7.44. The molecule has 0 rings (SSSR count). The van der Waals surface area contributed by atoms with Crippen molar-refractivity contribution in [3.05, 3.63) is 36.5 Å². The van der Waals surface area contributed by atoms with Crippen molar-refractivity contribution in [3.63, 3.8) is 0 Å². The fraction of sp³-hybridized carbons (Fsp3) is 0.680. The van der Waals surface area contributed by atoms with E-state index in [0.29, 0.717) is 12.8 Å². The van der Waals surface area contributed by atoms with E-state index in [2.05, 4.69) is 44.2 Å². The summed E-state index contributed by atoms with van der Waals surface area (Å²) < 4.78 is 5.68. The van der Waals surface area contributed by atoms with Crippen LogP contribution in [0.25, 0.3) is 0 Å². The van der Waals surface area contributed by atoms with Crippen LogP contribution in [0.15, 0.2) is 36.5 Å². The van der Waals surface area contributed by atoms with Crippen LogP contribution in [0.2, 0.25) is 0 Å². The molecule has 1 unspecified atom stereocenters. The van der Waals surface area contributed by atoms with Gasteiger partial charge in [0.1, 0.15) is 6.10 Å². The smallest absolute Gasteiger partial charge is 0.306 e. The number of hydrogen-bond donors (Lipinski definition) is 1. The molecule has 0 aromatic carbocycles. The van der Waals surface area contributed by atoms with E-state index < -0.39 is 5.97 Å². The highest BCUT2D eigenvalue weighted by molar-refractivity contribution is 5.69. The molecule has 0 amide bonds. The molecule has 0 saturated carbocycles. The van der Waals surface area contributed by atoms with E-state index in [9.17, 15) is 9.59 Å². The maximum atomic E-state index is 12.1. The van der Waals surface area contributed by atoms with Crippen LogP contribution < -0.4 is 0 Å². The molecule has 0 aromatic heterocycles. The van der Waals surface area contributed by atoms with Gasteiger partial charge in [-0.3, -0.25) is 9.59 Å². The van der Waals surface area contributed by atoms with Gasteiger partial charge in [0.15, 0.2) is 0 Å². The third kappa shape index (κ3) is 20.7. The Balaban J connectivity index is 4.31. The van der Waals surface area contributed by atoms with Crippen molar-refractivity contribution in [2.45, 2.75) is 110 Å². The number of ether oxygens (including phenoxy) is 1. The molecule has 0 radical (unpaired) electrons. The average molecular weight is 407 g/mol. The van der Waals surface area contributed by atoms with Gasteiger partial charge in [0.25, 0.3) is 0 Å². The standard InChI is InChI=1S/C25H42O4/c1-3-5-7-9-10-11-12-15-19-23(20-16-13-14-17-21-24(26)27)29-25(28)22-18-8-6-4-2/h5,7,10-11,15,19,23H,3-4,6,8-9,12-14,16-18,20-22H2,1-2H3,(H,26,27)/b7-5-,11-10-,19-15-. The molecule has 0 fully saturated rings. The van der Waals surface area contributed by atoms with Crippen LogP contribution in [0, 0.1) is 0 Å². The monoisotopic (exact) mass is 406 g/mol. The van der Waals surface area contributed by atoms with Crippen LogP contribution in [0.4, 0.5) is 0 Å². The molecule has 0 aromatic rings. The summed E-state index contributed by atoms with van der Waals surface area (Å²) in [6.07, 6.45) is 24.7. The molecular formula is C25H42O4. The normalized spacial score (nSPS) is 12.9. The lowest BCUT2D eigenvalue weighted by atomic mass is 10.1. The quantitative estimate of drug-likeness (QED) is 0.140. The Hall–Kier alpha value is -1.84. The largest absolute Gasteiger partial charge is 0.481 e. The predicted octanol–water partition coefficient (Wildman–Crippen LogP) is 7.15. The van der Waals surface area contributed by atoms with E-state index in [0.717, 1.165) is 70.6 Å². The topological polar surface area (TPSA) is 63.6 Å². The van der Waals surface area contributed by atoms with E-state index in [1.807, 2.05) is 6.08 Å². The van der Waals surface area contributed by atoms with Gasteiger partial charge in [0.05, 0.1) is 0 Å². The first kappa shape index (κ1) is 27.2. The molecule has 0 aliphatic carbocycles. The molecule has 0 spiro atoms. The summed E-state index contributed by atoms with van der Waals surface area (Å²) >= 11 is 0. The minimum Gasteiger partial charge on any atom is -0.481 e. The maximum absolute atomic E-state index is 12.1. The lowest BCUT2D eigenvalue weighted by Crippen LogP contribution is -2.16. The summed E-state index contributed by atoms with van der Waals surface area (Å²) in [6, 6.07) is 0. The maximum Gasteiger partial charge on any atom is 0.306 e. The van der Waals surface area contributed by atoms with E-state index in [1.54, 1.807) is 0 Å². The van der Waals surface area contributed by atoms with Crippen LogP contribution in [-0.2, 0) is 14.3 Å². The number of carboxylic acids is 1. The molecule has 1 atom stereocenters. The lowest BCUT2D eigenvalue weighted by molar-refractivity contribution is -0.147. The Kier molecular flexibility index (Phi) is 19.6. The van der Waals surface area contributed by atoms with E-state index >= 15 is 0 Å². The highest BCUT2D eigenvalue weighted by atomic mass is 16.5. The number of rotatable bonds is 19. The zero-order valence-electron chi connectivity index (χ0n) is 18.6. The lowest BCUT2D eigenvalue weighted by Gasteiger charge is -2.14. The third-order valence-electron chi connectivity index (χ3n) is 4.61. The van der Waals surface area contributed by atoms with Crippen LogP contribution in [0.1, 0.15) is 104 Å². The van der Waals surface area contributed by atoms with Gasteiger partial charge in [-0.25, -0.2) is 0 Å². The number of hydrogen-bond acceptors (Lipinski definition) is 3. The number of carboxylic acid groups (broad SMARTS) is 1. The molecule has 0 saturated heterocycles. The van der Waals surface area contributed by atoms with Crippen molar-refractivity contribution in [2.24, 2.45) is 0 Å². The Labute approximate surface area is 178 Å². The van der Waals surface area contributed by atoms with Crippen molar-refractivity contribution < 1.29 is 19.4 Å². The molecular weight excluding hydrogens is 364 g/mol. The number of carbonyl (C=O) groups is 2. The van der Waals surface area contributed by atoms with Crippen LogP contribution in [0.3, 0.4) is 0 Å². The van der Waals surface area contributed by atoms with Gasteiger partial charge in [-0.05, 0) is 51.0 Å². The fourth-order valence-electron chi connectivity index (χ4n) is 2.94. The minimum absolute atomic E-state index is 0.109. The van der Waals surface area contributed by atoms with Gasteiger partial charge >= 0.3 is 11.9 Å².